The molecule has 2 N–H and O–H groups in total. The lowest BCUT2D eigenvalue weighted by Gasteiger charge is -2.30. The molecule has 0 saturated carbocycles. The Bertz CT molecular complexity index is 1270. The van der Waals surface area contributed by atoms with Crippen LogP contribution in [0.3, 0.4) is 0 Å². The predicted molar refractivity (Wildman–Crippen MR) is 140 cm³/mol. The fourth-order valence-electron chi connectivity index (χ4n) is 4.74. The number of methoxy groups -OCH3 is 1. The van der Waals surface area contributed by atoms with E-state index in [1.165, 1.54) is 11.3 Å². The number of hydrogen-bond donors (Lipinski definition) is 2. The highest BCUT2D eigenvalue weighted by atomic mass is 32.1. The number of aromatic hydroxyl groups is 1. The number of hydrogen-bond acceptors (Lipinski definition) is 8. The Balaban J connectivity index is 1.45. The third-order valence-corrected chi connectivity index (χ3v) is 7.80. The van der Waals surface area contributed by atoms with E-state index in [1.807, 2.05) is 33.9 Å². The summed E-state index contributed by atoms with van der Waals surface area (Å²) < 4.78 is 7.26. The van der Waals surface area contributed by atoms with Crippen molar-refractivity contribution in [1.82, 2.24) is 30.2 Å². The molecule has 0 aliphatic carbocycles. The minimum atomic E-state index is -0.547. The Morgan fingerprint density at radius 2 is 2.08 bits per heavy atom. The van der Waals surface area contributed by atoms with Crippen LogP contribution >= 0.6 is 11.3 Å². The minimum Gasteiger partial charge on any atom is -0.508 e. The predicted octanol–water partition coefficient (Wildman–Crippen LogP) is 3.31. The van der Waals surface area contributed by atoms with Crippen molar-refractivity contribution < 1.29 is 19.4 Å². The molecule has 2 aromatic heterocycles. The fraction of sp³-hybridized carbons (Fsp3) is 0.500. The van der Waals surface area contributed by atoms with Gasteiger partial charge in [-0.1, -0.05) is 19.1 Å². The van der Waals surface area contributed by atoms with E-state index in [4.69, 9.17) is 4.74 Å². The summed E-state index contributed by atoms with van der Waals surface area (Å²) in [4.78, 5) is 33.6. The summed E-state index contributed by atoms with van der Waals surface area (Å²) in [6, 6.07) is 2.83. The van der Waals surface area contributed by atoms with Gasteiger partial charge in [-0.2, -0.15) is 0 Å². The second-order valence-corrected chi connectivity index (χ2v) is 10.6. The van der Waals surface area contributed by atoms with Gasteiger partial charge in [-0.25, -0.2) is 4.98 Å². The Morgan fingerprint density at radius 1 is 1.30 bits per heavy atom. The standard InChI is InChI=1S/C26H34N6O4S/c1-15(2)20(13-31-12-16(3)29-30-31)26(35)32-8-6-7-21(32)25(34)27-11-18-9-23(36-5)19(10-22(18)33)24-17(4)28-14-37-24/h9-10,12,14-15,20-21,33H,6-8,11,13H2,1-5H3,(H,27,34)/t20?,21-/m0/s1. The largest absolute Gasteiger partial charge is 0.508 e. The Kier molecular flexibility index (Phi) is 8.11. The molecule has 1 unspecified atom stereocenters. The van der Waals surface area contributed by atoms with E-state index in [0.717, 1.165) is 28.2 Å². The van der Waals surface area contributed by atoms with Crippen molar-refractivity contribution in [3.8, 4) is 21.9 Å². The topological polar surface area (TPSA) is 122 Å². The SMILES string of the molecule is COc1cc(CNC(=O)[C@@H]2CCCN2C(=O)C(Cn2cc(C)nn2)C(C)C)c(O)cc1-c1scnc1C. The maximum absolute atomic E-state index is 13.5. The summed E-state index contributed by atoms with van der Waals surface area (Å²) in [6.07, 6.45) is 3.18. The Labute approximate surface area is 220 Å². The number of carbonyl (C=O) groups excluding carboxylic acids is 2. The normalized spacial score (nSPS) is 16.3. The third-order valence-electron chi connectivity index (χ3n) is 6.84. The molecule has 2 amide bonds. The fourth-order valence-corrected chi connectivity index (χ4v) is 5.56. The van der Waals surface area contributed by atoms with Gasteiger partial charge < -0.3 is 20.1 Å². The highest BCUT2D eigenvalue weighted by Gasteiger charge is 2.38. The van der Waals surface area contributed by atoms with Crippen molar-refractivity contribution in [3.63, 3.8) is 0 Å². The van der Waals surface area contributed by atoms with Crippen molar-refractivity contribution in [3.05, 3.63) is 40.8 Å². The second kappa shape index (κ2) is 11.3. The summed E-state index contributed by atoms with van der Waals surface area (Å²) in [5.74, 6) is 0.138. The molecule has 198 valence electrons. The summed E-state index contributed by atoms with van der Waals surface area (Å²) in [6.45, 7) is 8.85. The molecule has 3 aromatic rings. The maximum Gasteiger partial charge on any atom is 0.243 e. The number of aromatic nitrogens is 4. The zero-order valence-corrected chi connectivity index (χ0v) is 22.7. The Hall–Kier alpha value is -3.47. The molecule has 2 atom stereocenters. The number of nitrogens with zero attached hydrogens (tertiary/aromatic N) is 5. The van der Waals surface area contributed by atoms with E-state index < -0.39 is 6.04 Å². The number of amides is 2. The maximum atomic E-state index is 13.5. The quantitative estimate of drug-likeness (QED) is 0.439. The molecule has 1 fully saturated rings. The van der Waals surface area contributed by atoms with Gasteiger partial charge in [0.25, 0.3) is 0 Å². The molecular weight excluding hydrogens is 492 g/mol. The van der Waals surface area contributed by atoms with Gasteiger partial charge in [-0.15, -0.1) is 16.4 Å². The highest BCUT2D eigenvalue weighted by molar-refractivity contribution is 7.13. The number of carbonyl (C=O) groups is 2. The lowest BCUT2D eigenvalue weighted by Crippen LogP contribution is -2.49. The van der Waals surface area contributed by atoms with Crippen LogP contribution in [0, 0.1) is 25.7 Å². The third kappa shape index (κ3) is 5.76. The van der Waals surface area contributed by atoms with Gasteiger partial charge in [0.05, 0.1) is 41.3 Å². The number of thiazole rings is 1. The van der Waals surface area contributed by atoms with Crippen molar-refractivity contribution >= 4 is 23.2 Å². The zero-order chi connectivity index (χ0) is 26.7. The first-order valence-electron chi connectivity index (χ1n) is 12.4. The van der Waals surface area contributed by atoms with Crippen molar-refractivity contribution in [2.75, 3.05) is 13.7 Å². The van der Waals surface area contributed by atoms with Crippen LogP contribution in [0.1, 0.15) is 43.6 Å². The molecule has 1 saturated heterocycles. The first kappa shape index (κ1) is 26.6. The minimum absolute atomic E-state index is 0.0467. The van der Waals surface area contributed by atoms with Crippen molar-refractivity contribution in [2.24, 2.45) is 11.8 Å². The van der Waals surface area contributed by atoms with Crippen molar-refractivity contribution in [2.45, 2.75) is 59.7 Å². The molecule has 37 heavy (non-hydrogen) atoms. The molecular formula is C26H34N6O4S. The van der Waals surface area contributed by atoms with Crippen LogP contribution in [0.5, 0.6) is 11.5 Å². The summed E-state index contributed by atoms with van der Waals surface area (Å²) in [7, 11) is 1.57. The molecule has 0 spiro atoms. The molecule has 1 aromatic carbocycles. The molecule has 11 heteroatoms. The average molecular weight is 527 g/mol. The number of aryl methyl sites for hydroxylation is 2. The second-order valence-electron chi connectivity index (χ2n) is 9.79. The van der Waals surface area contributed by atoms with E-state index in [2.05, 4.69) is 20.6 Å². The van der Waals surface area contributed by atoms with E-state index in [1.54, 1.807) is 34.3 Å². The summed E-state index contributed by atoms with van der Waals surface area (Å²) >= 11 is 1.47. The number of rotatable bonds is 9. The monoisotopic (exact) mass is 526 g/mol. The van der Waals surface area contributed by atoms with Gasteiger partial charge in [0.1, 0.15) is 17.5 Å². The van der Waals surface area contributed by atoms with Crippen LogP contribution in [0.2, 0.25) is 0 Å². The molecule has 1 aliphatic rings. The van der Waals surface area contributed by atoms with Gasteiger partial charge in [0.15, 0.2) is 0 Å². The number of ether oxygens (including phenoxy) is 1. The molecule has 4 rings (SSSR count). The van der Waals surface area contributed by atoms with Crippen LogP contribution < -0.4 is 10.1 Å². The van der Waals surface area contributed by atoms with Gasteiger partial charge in [0.2, 0.25) is 11.8 Å². The molecule has 0 radical (unpaired) electrons. The van der Waals surface area contributed by atoms with E-state index >= 15 is 0 Å². The van der Waals surface area contributed by atoms with Gasteiger partial charge in [-0.3, -0.25) is 14.3 Å². The van der Waals surface area contributed by atoms with Crippen LogP contribution in [0.15, 0.2) is 23.8 Å². The van der Waals surface area contributed by atoms with E-state index in [-0.39, 0.29) is 35.9 Å². The number of likely N-dealkylation sites (tertiary alicyclic amines) is 1. The number of phenolic OH excluding ortho intramolecular Hbond substituents is 1. The van der Waals surface area contributed by atoms with Crippen LogP contribution in [-0.2, 0) is 22.7 Å². The van der Waals surface area contributed by atoms with Crippen LogP contribution in [0.4, 0.5) is 0 Å². The summed E-state index contributed by atoms with van der Waals surface area (Å²) in [5, 5.41) is 21.7. The first-order valence-corrected chi connectivity index (χ1v) is 13.3. The zero-order valence-electron chi connectivity index (χ0n) is 21.9. The van der Waals surface area contributed by atoms with E-state index in [0.29, 0.717) is 30.8 Å². The lowest BCUT2D eigenvalue weighted by atomic mass is 9.94. The van der Waals surface area contributed by atoms with Gasteiger partial charge in [-0.05, 0) is 44.7 Å². The molecule has 0 bridgehead atoms. The number of nitrogens with one attached hydrogen (secondary N) is 1. The lowest BCUT2D eigenvalue weighted by molar-refractivity contribution is -0.143. The summed E-state index contributed by atoms with van der Waals surface area (Å²) in [5.41, 5.74) is 4.69. The number of phenols is 1. The molecule has 1 aliphatic heterocycles. The smallest absolute Gasteiger partial charge is 0.243 e. The Morgan fingerprint density at radius 3 is 2.70 bits per heavy atom. The van der Waals surface area contributed by atoms with Crippen LogP contribution in [0.25, 0.3) is 10.4 Å². The highest BCUT2D eigenvalue weighted by Crippen LogP contribution is 2.39. The van der Waals surface area contributed by atoms with Gasteiger partial charge in [0, 0.05) is 30.4 Å². The van der Waals surface area contributed by atoms with E-state index in [9.17, 15) is 14.7 Å². The first-order chi connectivity index (χ1) is 17.7. The molecule has 10 nitrogen and oxygen atoms in total. The van der Waals surface area contributed by atoms with Crippen LogP contribution in [-0.4, -0.2) is 61.5 Å². The van der Waals surface area contributed by atoms with Crippen molar-refractivity contribution in [1.29, 1.82) is 0 Å². The number of benzene rings is 1. The molecule has 3 heterocycles. The average Bonchev–Trinajstić information content (AvgIpc) is 3.62. The van der Waals surface area contributed by atoms with Gasteiger partial charge >= 0.3 is 0 Å².